The summed E-state index contributed by atoms with van der Waals surface area (Å²) in [4.78, 5) is 11.3. The van der Waals surface area contributed by atoms with Crippen molar-refractivity contribution in [2.24, 2.45) is 5.92 Å². The molecule has 3 heteroatoms. The fourth-order valence-electron chi connectivity index (χ4n) is 0.799. The second-order valence-corrected chi connectivity index (χ2v) is 3.59. The van der Waals surface area contributed by atoms with Gasteiger partial charge in [-0.3, -0.25) is 4.79 Å². The van der Waals surface area contributed by atoms with Crippen molar-refractivity contribution in [2.45, 2.75) is 39.2 Å². The van der Waals surface area contributed by atoms with Gasteiger partial charge in [0, 0.05) is 0 Å². The average molecular weight is 182 g/mol. The molecular weight excluding hydrogens is 166 g/mol. The summed E-state index contributed by atoms with van der Waals surface area (Å²) in [6, 6.07) is 1.91. The Bertz CT molecular complexity index is 215. The zero-order chi connectivity index (χ0) is 10.5. The summed E-state index contributed by atoms with van der Waals surface area (Å²) < 4.78 is 4.97. The van der Waals surface area contributed by atoms with Crippen LogP contribution in [0.5, 0.6) is 0 Å². The third-order valence-electron chi connectivity index (χ3n) is 1.66. The van der Waals surface area contributed by atoms with Crippen LogP contribution in [-0.4, -0.2) is 11.6 Å². The number of carbonyl (C=O) groups excluding carboxylic acids is 1. The molecule has 73 valence electrons. The second kappa shape index (κ2) is 4.86. The maximum atomic E-state index is 11.3. The van der Waals surface area contributed by atoms with E-state index < -0.39 is 5.60 Å². The number of nitrogens with zero attached hydrogens (tertiary/aromatic N) is 1. The van der Waals surface area contributed by atoms with Crippen molar-refractivity contribution in [1.29, 1.82) is 5.26 Å². The minimum Gasteiger partial charge on any atom is -0.444 e. The molecule has 0 N–H and O–H groups in total. The van der Waals surface area contributed by atoms with Gasteiger partial charge < -0.3 is 4.74 Å². The molecule has 0 amide bonds. The lowest BCUT2D eigenvalue weighted by atomic mass is 10.1. The minimum atomic E-state index is -1.02. The zero-order valence-corrected chi connectivity index (χ0v) is 8.46. The first-order chi connectivity index (χ1) is 5.93. The maximum Gasteiger partial charge on any atom is 0.310 e. The second-order valence-electron chi connectivity index (χ2n) is 3.59. The van der Waals surface area contributed by atoms with E-state index in [1.165, 1.54) is 0 Å². The van der Waals surface area contributed by atoms with E-state index in [4.69, 9.17) is 10.00 Å². The van der Waals surface area contributed by atoms with Crippen LogP contribution in [0.1, 0.15) is 33.6 Å². The van der Waals surface area contributed by atoms with E-state index in [0.717, 1.165) is 0 Å². The van der Waals surface area contributed by atoms with E-state index in [1.54, 1.807) is 20.8 Å². The van der Waals surface area contributed by atoms with Crippen LogP contribution < -0.4 is 0 Å². The minimum absolute atomic E-state index is 0.176. The topological polar surface area (TPSA) is 50.1 Å². The molecule has 0 fully saturated rings. The van der Waals surface area contributed by atoms with Gasteiger partial charge in [0.2, 0.25) is 0 Å². The van der Waals surface area contributed by atoms with Gasteiger partial charge in [0.15, 0.2) is 5.60 Å². The lowest BCUT2D eigenvalue weighted by molar-refractivity contribution is -0.156. The van der Waals surface area contributed by atoms with E-state index in [9.17, 15) is 4.79 Å². The van der Waals surface area contributed by atoms with Crippen LogP contribution in [0.4, 0.5) is 0 Å². The molecule has 13 heavy (non-hydrogen) atoms. The van der Waals surface area contributed by atoms with Crippen molar-refractivity contribution < 1.29 is 9.53 Å². The van der Waals surface area contributed by atoms with Crippen LogP contribution in [0.25, 0.3) is 0 Å². The molecule has 0 rings (SSSR count). The van der Waals surface area contributed by atoms with Gasteiger partial charge in [-0.15, -0.1) is 0 Å². The molecule has 0 aliphatic rings. The molecule has 0 aromatic rings. The molecule has 1 radical (unpaired) electrons. The third kappa shape index (κ3) is 4.51. The molecule has 1 atom stereocenters. The van der Waals surface area contributed by atoms with Gasteiger partial charge >= 0.3 is 5.97 Å². The SMILES string of the molecule is [CH2]CCC(C)C(=O)OC(C)(C)C#N. The Morgan fingerprint density at radius 1 is 1.69 bits per heavy atom. The van der Waals surface area contributed by atoms with Crippen LogP contribution >= 0.6 is 0 Å². The zero-order valence-electron chi connectivity index (χ0n) is 8.46. The molecule has 0 spiro atoms. The van der Waals surface area contributed by atoms with Crippen molar-refractivity contribution in [3.8, 4) is 6.07 Å². The monoisotopic (exact) mass is 182 g/mol. The highest BCUT2D eigenvalue weighted by Crippen LogP contribution is 2.14. The van der Waals surface area contributed by atoms with Crippen LogP contribution in [0.3, 0.4) is 0 Å². The molecule has 0 bridgehead atoms. The van der Waals surface area contributed by atoms with Crippen LogP contribution in [0, 0.1) is 24.2 Å². The molecule has 0 aromatic heterocycles. The van der Waals surface area contributed by atoms with Crippen molar-refractivity contribution in [2.75, 3.05) is 0 Å². The van der Waals surface area contributed by atoms with Crippen molar-refractivity contribution in [3.05, 3.63) is 6.92 Å². The van der Waals surface area contributed by atoms with Gasteiger partial charge in [-0.2, -0.15) is 5.26 Å². The summed E-state index contributed by atoms with van der Waals surface area (Å²) in [6.07, 6.45) is 1.39. The Hall–Kier alpha value is -1.04. The van der Waals surface area contributed by atoms with E-state index in [-0.39, 0.29) is 11.9 Å². The number of rotatable bonds is 4. The predicted octanol–water partition coefficient (Wildman–Crippen LogP) is 2.08. The van der Waals surface area contributed by atoms with Crippen LogP contribution in [-0.2, 0) is 9.53 Å². The first kappa shape index (κ1) is 12.0. The fourth-order valence-corrected chi connectivity index (χ4v) is 0.799. The maximum absolute atomic E-state index is 11.3. The van der Waals surface area contributed by atoms with E-state index in [2.05, 4.69) is 6.92 Å². The fraction of sp³-hybridized carbons (Fsp3) is 0.700. The van der Waals surface area contributed by atoms with Gasteiger partial charge in [0.25, 0.3) is 0 Å². The summed E-state index contributed by atoms with van der Waals surface area (Å²) in [6.45, 7) is 8.57. The smallest absolute Gasteiger partial charge is 0.310 e. The van der Waals surface area contributed by atoms with E-state index >= 15 is 0 Å². The molecule has 0 aliphatic heterocycles. The Kier molecular flexibility index (Phi) is 4.47. The quantitative estimate of drug-likeness (QED) is 0.625. The summed E-state index contributed by atoms with van der Waals surface area (Å²) >= 11 is 0. The van der Waals surface area contributed by atoms with E-state index in [0.29, 0.717) is 12.8 Å². The molecule has 0 aromatic carbocycles. The Morgan fingerprint density at radius 3 is 2.62 bits per heavy atom. The number of hydrogen-bond donors (Lipinski definition) is 0. The summed E-state index contributed by atoms with van der Waals surface area (Å²) in [7, 11) is 0. The summed E-state index contributed by atoms with van der Waals surface area (Å²) in [5.41, 5.74) is -1.02. The van der Waals surface area contributed by atoms with Gasteiger partial charge in [0.1, 0.15) is 6.07 Å². The number of ether oxygens (including phenoxy) is 1. The molecule has 1 unspecified atom stereocenters. The first-order valence-electron chi connectivity index (χ1n) is 4.36. The molecule has 0 aliphatic carbocycles. The number of hydrogen-bond acceptors (Lipinski definition) is 3. The number of esters is 1. The predicted molar refractivity (Wildman–Crippen MR) is 49.5 cm³/mol. The molecular formula is C10H16NO2. The van der Waals surface area contributed by atoms with Gasteiger partial charge in [-0.1, -0.05) is 20.3 Å². The van der Waals surface area contributed by atoms with Gasteiger partial charge in [-0.05, 0) is 20.3 Å². The lowest BCUT2D eigenvalue weighted by Crippen LogP contribution is -2.29. The van der Waals surface area contributed by atoms with Crippen molar-refractivity contribution >= 4 is 5.97 Å². The molecule has 0 saturated heterocycles. The number of carbonyl (C=O) groups is 1. The van der Waals surface area contributed by atoms with Crippen molar-refractivity contribution in [1.82, 2.24) is 0 Å². The average Bonchev–Trinajstić information content (AvgIpc) is 2.04. The number of nitriles is 1. The Morgan fingerprint density at radius 2 is 2.23 bits per heavy atom. The first-order valence-corrected chi connectivity index (χ1v) is 4.36. The van der Waals surface area contributed by atoms with Crippen LogP contribution in [0.2, 0.25) is 0 Å². The van der Waals surface area contributed by atoms with Gasteiger partial charge in [-0.25, -0.2) is 0 Å². The summed E-state index contributed by atoms with van der Waals surface area (Å²) in [5.74, 6) is -0.500. The largest absolute Gasteiger partial charge is 0.444 e. The molecule has 3 nitrogen and oxygen atoms in total. The highest BCUT2D eigenvalue weighted by molar-refractivity contribution is 5.72. The molecule has 0 saturated carbocycles. The Labute approximate surface area is 79.7 Å². The van der Waals surface area contributed by atoms with Crippen molar-refractivity contribution in [3.63, 3.8) is 0 Å². The third-order valence-corrected chi connectivity index (χ3v) is 1.66. The lowest BCUT2D eigenvalue weighted by Gasteiger charge is -2.19. The Balaban J connectivity index is 4.09. The highest BCUT2D eigenvalue weighted by Gasteiger charge is 2.24. The standard InChI is InChI=1S/C10H16NO2/c1-5-6-8(2)9(12)13-10(3,4)7-11/h8H,1,5-6H2,2-4H3. The van der Waals surface area contributed by atoms with Gasteiger partial charge in [0.05, 0.1) is 5.92 Å². The molecule has 0 heterocycles. The highest BCUT2D eigenvalue weighted by atomic mass is 16.6. The van der Waals surface area contributed by atoms with E-state index in [1.807, 2.05) is 6.07 Å². The normalized spacial score (nSPS) is 13.2. The summed E-state index contributed by atoms with van der Waals surface area (Å²) in [5, 5.41) is 8.62. The van der Waals surface area contributed by atoms with Crippen LogP contribution in [0.15, 0.2) is 0 Å².